The molecule has 2 heterocycles. The predicted molar refractivity (Wildman–Crippen MR) is 70.1 cm³/mol. The van der Waals surface area contributed by atoms with Gasteiger partial charge in [0.1, 0.15) is 0 Å². The molecule has 0 saturated carbocycles. The smallest absolute Gasteiger partial charge is 0.234 e. The molecular weight excluding hydrogens is 230 g/mol. The Hall–Kier alpha value is -0.650. The molecule has 0 bridgehead atoms. The highest BCUT2D eigenvalue weighted by molar-refractivity contribution is 5.79. The first kappa shape index (κ1) is 13.8. The summed E-state index contributed by atoms with van der Waals surface area (Å²) in [6.07, 6.45) is 4.98. The van der Waals surface area contributed by atoms with Crippen molar-refractivity contribution in [1.29, 1.82) is 0 Å². The van der Waals surface area contributed by atoms with E-state index in [1.54, 1.807) is 0 Å². The maximum atomic E-state index is 11.4. The van der Waals surface area contributed by atoms with E-state index in [-0.39, 0.29) is 18.1 Å². The van der Waals surface area contributed by atoms with Crippen molar-refractivity contribution in [2.45, 2.75) is 44.2 Å². The Balaban J connectivity index is 1.78. The standard InChI is InChI=1S/C13H25N3O2/c14-13(18)12-5-1-2-7-16(12)9-8-15-6-3-4-11(17)10-15/h11-12,17H,1-10H2,(H2,14,18). The summed E-state index contributed by atoms with van der Waals surface area (Å²) in [4.78, 5) is 15.9. The fraction of sp³-hybridized carbons (Fsp3) is 0.923. The number of carbonyl (C=O) groups is 1. The highest BCUT2D eigenvalue weighted by Gasteiger charge is 2.27. The maximum absolute atomic E-state index is 11.4. The van der Waals surface area contributed by atoms with Crippen molar-refractivity contribution in [3.8, 4) is 0 Å². The lowest BCUT2D eigenvalue weighted by molar-refractivity contribution is -0.124. The number of hydrogen-bond acceptors (Lipinski definition) is 4. The number of hydrogen-bond donors (Lipinski definition) is 2. The summed E-state index contributed by atoms with van der Waals surface area (Å²) in [7, 11) is 0. The second kappa shape index (κ2) is 6.50. The molecule has 0 spiro atoms. The lowest BCUT2D eigenvalue weighted by Gasteiger charge is -2.36. The first-order valence-corrected chi connectivity index (χ1v) is 7.10. The number of piperidine rings is 2. The van der Waals surface area contributed by atoms with E-state index in [1.807, 2.05) is 0 Å². The fourth-order valence-electron chi connectivity index (χ4n) is 3.08. The number of likely N-dealkylation sites (tertiary alicyclic amines) is 2. The van der Waals surface area contributed by atoms with E-state index in [2.05, 4.69) is 9.80 Å². The van der Waals surface area contributed by atoms with Gasteiger partial charge >= 0.3 is 0 Å². The summed E-state index contributed by atoms with van der Waals surface area (Å²) in [6.45, 7) is 4.63. The SMILES string of the molecule is NC(=O)C1CCCCN1CCN1CCCC(O)C1. The maximum Gasteiger partial charge on any atom is 0.234 e. The van der Waals surface area contributed by atoms with E-state index in [1.165, 1.54) is 0 Å². The Kier molecular flexibility index (Phi) is 4.97. The Labute approximate surface area is 109 Å². The zero-order chi connectivity index (χ0) is 13.0. The van der Waals surface area contributed by atoms with Gasteiger partial charge in [0.15, 0.2) is 0 Å². The third kappa shape index (κ3) is 3.67. The van der Waals surface area contributed by atoms with Gasteiger partial charge in [-0.25, -0.2) is 0 Å². The first-order chi connectivity index (χ1) is 8.66. The number of aliphatic hydroxyl groups is 1. The van der Waals surface area contributed by atoms with Gasteiger partial charge in [-0.15, -0.1) is 0 Å². The zero-order valence-corrected chi connectivity index (χ0v) is 11.1. The largest absolute Gasteiger partial charge is 0.392 e. The number of nitrogens with two attached hydrogens (primary N) is 1. The molecule has 2 atom stereocenters. The molecule has 0 radical (unpaired) electrons. The number of rotatable bonds is 4. The number of nitrogens with zero attached hydrogens (tertiary/aromatic N) is 2. The van der Waals surface area contributed by atoms with E-state index < -0.39 is 0 Å². The molecule has 5 heteroatoms. The predicted octanol–water partition coefficient (Wildman–Crippen LogP) is -0.217. The van der Waals surface area contributed by atoms with Gasteiger partial charge in [-0.3, -0.25) is 14.6 Å². The molecule has 0 aliphatic carbocycles. The van der Waals surface area contributed by atoms with E-state index >= 15 is 0 Å². The van der Waals surface area contributed by atoms with Crippen molar-refractivity contribution in [1.82, 2.24) is 9.80 Å². The minimum absolute atomic E-state index is 0.0755. The lowest BCUT2D eigenvalue weighted by Crippen LogP contribution is -2.51. The van der Waals surface area contributed by atoms with Crippen LogP contribution in [0.3, 0.4) is 0 Å². The van der Waals surface area contributed by atoms with Crippen LogP contribution in [0.2, 0.25) is 0 Å². The molecule has 2 aliphatic heterocycles. The number of primary amides is 1. The number of aliphatic hydroxyl groups excluding tert-OH is 1. The molecule has 2 aliphatic rings. The van der Waals surface area contributed by atoms with Crippen LogP contribution in [0.25, 0.3) is 0 Å². The Morgan fingerprint density at radius 3 is 2.72 bits per heavy atom. The molecule has 3 N–H and O–H groups in total. The highest BCUT2D eigenvalue weighted by Crippen LogP contribution is 2.17. The third-order valence-electron chi connectivity index (χ3n) is 4.13. The minimum Gasteiger partial charge on any atom is -0.392 e. The van der Waals surface area contributed by atoms with Crippen LogP contribution >= 0.6 is 0 Å². The minimum atomic E-state index is -0.187. The van der Waals surface area contributed by atoms with Crippen LogP contribution in [0.5, 0.6) is 0 Å². The van der Waals surface area contributed by atoms with Crippen molar-refractivity contribution in [2.75, 3.05) is 32.7 Å². The van der Waals surface area contributed by atoms with Crippen LogP contribution in [0.4, 0.5) is 0 Å². The van der Waals surface area contributed by atoms with Crippen molar-refractivity contribution in [2.24, 2.45) is 5.73 Å². The normalized spacial score (nSPS) is 31.4. The molecule has 2 saturated heterocycles. The molecule has 0 aromatic carbocycles. The van der Waals surface area contributed by atoms with Crippen LogP contribution in [0.1, 0.15) is 32.1 Å². The molecule has 104 valence electrons. The molecular formula is C13H25N3O2. The Morgan fingerprint density at radius 2 is 2.00 bits per heavy atom. The van der Waals surface area contributed by atoms with Crippen molar-refractivity contribution >= 4 is 5.91 Å². The average Bonchev–Trinajstić information content (AvgIpc) is 2.37. The monoisotopic (exact) mass is 255 g/mol. The van der Waals surface area contributed by atoms with Crippen LogP contribution in [0.15, 0.2) is 0 Å². The number of amides is 1. The Morgan fingerprint density at radius 1 is 1.17 bits per heavy atom. The van der Waals surface area contributed by atoms with Gasteiger partial charge in [0.05, 0.1) is 12.1 Å². The van der Waals surface area contributed by atoms with Crippen molar-refractivity contribution < 1.29 is 9.90 Å². The van der Waals surface area contributed by atoms with Crippen molar-refractivity contribution in [3.05, 3.63) is 0 Å². The lowest BCUT2D eigenvalue weighted by atomic mass is 10.0. The molecule has 0 aromatic rings. The third-order valence-corrected chi connectivity index (χ3v) is 4.13. The second-order valence-corrected chi connectivity index (χ2v) is 5.55. The van der Waals surface area contributed by atoms with Gasteiger partial charge in [-0.2, -0.15) is 0 Å². The van der Waals surface area contributed by atoms with Gasteiger partial charge in [0.2, 0.25) is 5.91 Å². The summed E-state index contributed by atoms with van der Waals surface area (Å²) in [5.74, 6) is -0.187. The van der Waals surface area contributed by atoms with E-state index in [4.69, 9.17) is 5.73 Å². The zero-order valence-electron chi connectivity index (χ0n) is 11.1. The highest BCUT2D eigenvalue weighted by atomic mass is 16.3. The average molecular weight is 255 g/mol. The second-order valence-electron chi connectivity index (χ2n) is 5.55. The van der Waals surface area contributed by atoms with Gasteiger partial charge < -0.3 is 10.8 Å². The Bertz CT molecular complexity index is 285. The van der Waals surface area contributed by atoms with Crippen LogP contribution in [-0.4, -0.2) is 65.7 Å². The van der Waals surface area contributed by atoms with Gasteiger partial charge in [0, 0.05) is 19.6 Å². The molecule has 2 rings (SSSR count). The summed E-state index contributed by atoms with van der Waals surface area (Å²) in [6, 6.07) is -0.0755. The first-order valence-electron chi connectivity index (χ1n) is 7.10. The van der Waals surface area contributed by atoms with Gasteiger partial charge in [0.25, 0.3) is 0 Å². The summed E-state index contributed by atoms with van der Waals surface area (Å²) in [5.41, 5.74) is 5.45. The quantitative estimate of drug-likeness (QED) is 0.729. The topological polar surface area (TPSA) is 69.8 Å². The van der Waals surface area contributed by atoms with Crippen LogP contribution in [0, 0.1) is 0 Å². The van der Waals surface area contributed by atoms with Crippen LogP contribution in [-0.2, 0) is 4.79 Å². The van der Waals surface area contributed by atoms with E-state index in [9.17, 15) is 9.90 Å². The van der Waals surface area contributed by atoms with E-state index in [0.717, 1.165) is 64.8 Å². The summed E-state index contributed by atoms with van der Waals surface area (Å²) >= 11 is 0. The fourth-order valence-corrected chi connectivity index (χ4v) is 3.08. The van der Waals surface area contributed by atoms with E-state index in [0.29, 0.717) is 0 Å². The van der Waals surface area contributed by atoms with Gasteiger partial charge in [-0.1, -0.05) is 6.42 Å². The molecule has 5 nitrogen and oxygen atoms in total. The molecule has 1 amide bonds. The molecule has 0 aromatic heterocycles. The van der Waals surface area contributed by atoms with Crippen LogP contribution < -0.4 is 5.73 Å². The summed E-state index contributed by atoms with van der Waals surface area (Å²) < 4.78 is 0. The van der Waals surface area contributed by atoms with Crippen molar-refractivity contribution in [3.63, 3.8) is 0 Å². The summed E-state index contributed by atoms with van der Waals surface area (Å²) in [5, 5.41) is 9.63. The number of carbonyl (C=O) groups excluding carboxylic acids is 1. The number of β-amino-alcohol motifs (C(OH)–C–C–N with tert-alkyl or cyclic N) is 1. The van der Waals surface area contributed by atoms with Gasteiger partial charge in [-0.05, 0) is 38.8 Å². The molecule has 2 fully saturated rings. The molecule has 2 unspecified atom stereocenters. The molecule has 18 heavy (non-hydrogen) atoms.